The number of carbonyl (C=O) groups excluding carboxylic acids is 3. The molecule has 8 nitrogen and oxygen atoms in total. The number of hydrogen-bond donors (Lipinski definition) is 4. The first-order valence-corrected chi connectivity index (χ1v) is 16.2. The van der Waals surface area contributed by atoms with Crippen LogP contribution in [0.25, 0.3) is 10.1 Å². The molecule has 0 radical (unpaired) electrons. The number of carbonyl (C=O) groups is 3. The van der Waals surface area contributed by atoms with Gasteiger partial charge in [-0.25, -0.2) is 0 Å². The Kier molecular flexibility index (Phi) is 11.2. The molecule has 0 unspecified atom stereocenters. The Morgan fingerprint density at radius 3 is 2.11 bits per heavy atom. The van der Waals surface area contributed by atoms with Crippen molar-refractivity contribution >= 4 is 39.1 Å². The lowest BCUT2D eigenvalue weighted by molar-refractivity contribution is -0.124. The molecule has 0 aliphatic heterocycles. The van der Waals surface area contributed by atoms with Crippen LogP contribution in [-0.2, 0) is 22.7 Å². The lowest BCUT2D eigenvalue weighted by atomic mass is 9.95. The number of nitrogens with one attached hydrogen (secondary N) is 3. The van der Waals surface area contributed by atoms with Crippen molar-refractivity contribution in [2.45, 2.75) is 31.8 Å². The Morgan fingerprint density at radius 2 is 1.39 bits per heavy atom. The monoisotopic (exact) mass is 634 g/mol. The summed E-state index contributed by atoms with van der Waals surface area (Å²) < 4.78 is 6.65. The van der Waals surface area contributed by atoms with E-state index >= 15 is 0 Å². The maximum atomic E-state index is 13.9. The molecular weight excluding hydrogens is 596 g/mol. The van der Waals surface area contributed by atoms with Crippen LogP contribution in [-0.4, -0.2) is 37.4 Å². The van der Waals surface area contributed by atoms with Gasteiger partial charge in [0.25, 0.3) is 5.91 Å². The molecule has 0 bridgehead atoms. The minimum absolute atomic E-state index is 0.0740. The first-order valence-electron chi connectivity index (χ1n) is 15.3. The standard InChI is InChI=1S/C37H38N4O4S/c1-2-45-29-18-16-27(17-19-29)31(22-40-35(42)28-8-4-3-5-9-28)36(43)41-23-32(33-24-46-34-11-7-6-10-30(33)34)37(44)39-21-26-14-12-25(20-38)13-15-26/h3-19,24,31-32H,2,20-23,38H2,1H3,(H,39,44)(H,40,42)(H,41,43)/t31-,32+/m1/s1. The van der Waals surface area contributed by atoms with Crippen LogP contribution in [0.1, 0.15) is 51.4 Å². The Morgan fingerprint density at radius 1 is 0.739 bits per heavy atom. The molecule has 5 N–H and O–H groups in total. The highest BCUT2D eigenvalue weighted by molar-refractivity contribution is 7.17. The molecule has 9 heteroatoms. The summed E-state index contributed by atoms with van der Waals surface area (Å²) in [6.45, 7) is 3.38. The van der Waals surface area contributed by atoms with E-state index in [0.717, 1.165) is 32.3 Å². The summed E-state index contributed by atoms with van der Waals surface area (Å²) in [5, 5.41) is 12.0. The van der Waals surface area contributed by atoms with E-state index < -0.39 is 11.8 Å². The summed E-state index contributed by atoms with van der Waals surface area (Å²) in [6, 6.07) is 31.9. The molecule has 4 aromatic carbocycles. The van der Waals surface area contributed by atoms with Crippen molar-refractivity contribution in [2.75, 3.05) is 19.7 Å². The average molecular weight is 635 g/mol. The van der Waals surface area contributed by atoms with Crippen LogP contribution in [0.3, 0.4) is 0 Å². The number of hydrogen-bond acceptors (Lipinski definition) is 6. The van der Waals surface area contributed by atoms with Crippen LogP contribution in [0.15, 0.2) is 109 Å². The van der Waals surface area contributed by atoms with Crippen LogP contribution >= 0.6 is 11.3 Å². The number of benzene rings is 4. The molecular formula is C37H38N4O4S. The summed E-state index contributed by atoms with van der Waals surface area (Å²) in [6.07, 6.45) is 0. The first-order chi connectivity index (χ1) is 22.5. The fourth-order valence-corrected chi connectivity index (χ4v) is 6.27. The maximum absolute atomic E-state index is 13.9. The summed E-state index contributed by atoms with van der Waals surface area (Å²) in [4.78, 5) is 40.5. The minimum atomic E-state index is -0.702. The van der Waals surface area contributed by atoms with Crippen LogP contribution in [0.2, 0.25) is 0 Å². The van der Waals surface area contributed by atoms with Crippen molar-refractivity contribution in [1.82, 2.24) is 16.0 Å². The summed E-state index contributed by atoms with van der Waals surface area (Å²) in [7, 11) is 0. The second kappa shape index (κ2) is 15.8. The lowest BCUT2D eigenvalue weighted by Gasteiger charge is -2.22. The van der Waals surface area contributed by atoms with E-state index in [0.29, 0.717) is 31.0 Å². The number of amides is 3. The highest BCUT2D eigenvalue weighted by atomic mass is 32.1. The molecule has 1 aromatic heterocycles. The summed E-state index contributed by atoms with van der Waals surface area (Å²) in [5.41, 5.74) is 9.78. The number of thiophene rings is 1. The maximum Gasteiger partial charge on any atom is 0.251 e. The van der Waals surface area contributed by atoms with Gasteiger partial charge in [0, 0.05) is 36.4 Å². The predicted octanol–water partition coefficient (Wildman–Crippen LogP) is 5.49. The van der Waals surface area contributed by atoms with Gasteiger partial charge in [0.05, 0.1) is 18.4 Å². The number of ether oxygens (including phenoxy) is 1. The molecule has 5 rings (SSSR count). The van der Waals surface area contributed by atoms with Gasteiger partial charge in [-0.05, 0) is 70.3 Å². The third-order valence-corrected chi connectivity index (χ3v) is 8.80. The van der Waals surface area contributed by atoms with E-state index in [-0.39, 0.29) is 30.8 Å². The zero-order valence-corrected chi connectivity index (χ0v) is 26.5. The third kappa shape index (κ3) is 8.18. The molecule has 3 amide bonds. The van der Waals surface area contributed by atoms with Gasteiger partial charge in [0.1, 0.15) is 5.75 Å². The predicted molar refractivity (Wildman–Crippen MR) is 183 cm³/mol. The molecule has 46 heavy (non-hydrogen) atoms. The molecule has 2 atom stereocenters. The molecule has 0 saturated heterocycles. The van der Waals surface area contributed by atoms with Gasteiger partial charge < -0.3 is 26.4 Å². The van der Waals surface area contributed by atoms with E-state index in [9.17, 15) is 14.4 Å². The molecule has 1 heterocycles. The topological polar surface area (TPSA) is 123 Å². The van der Waals surface area contributed by atoms with Crippen molar-refractivity contribution in [2.24, 2.45) is 5.73 Å². The van der Waals surface area contributed by atoms with E-state index in [1.54, 1.807) is 35.6 Å². The van der Waals surface area contributed by atoms with Crippen LogP contribution in [0, 0.1) is 0 Å². The van der Waals surface area contributed by atoms with Crippen molar-refractivity contribution in [3.05, 3.63) is 136 Å². The molecule has 5 aromatic rings. The molecule has 236 valence electrons. The first kappa shape index (κ1) is 32.4. The SMILES string of the molecule is CCOc1ccc([C@@H](CNC(=O)c2ccccc2)C(=O)NC[C@H](C(=O)NCc2ccc(CN)cc2)c2csc3ccccc23)cc1. The van der Waals surface area contributed by atoms with Crippen LogP contribution in [0.4, 0.5) is 0 Å². The van der Waals surface area contributed by atoms with Crippen LogP contribution in [0.5, 0.6) is 5.75 Å². The van der Waals surface area contributed by atoms with Gasteiger partial charge in [-0.3, -0.25) is 14.4 Å². The highest BCUT2D eigenvalue weighted by Gasteiger charge is 2.27. The zero-order chi connectivity index (χ0) is 32.3. The van der Waals surface area contributed by atoms with E-state index in [4.69, 9.17) is 10.5 Å². The van der Waals surface area contributed by atoms with Gasteiger partial charge in [-0.1, -0.05) is 72.8 Å². The van der Waals surface area contributed by atoms with Crippen molar-refractivity contribution < 1.29 is 19.1 Å². The molecule has 0 spiro atoms. The fourth-order valence-electron chi connectivity index (χ4n) is 5.25. The third-order valence-electron chi connectivity index (χ3n) is 7.82. The Balaban J connectivity index is 1.35. The summed E-state index contributed by atoms with van der Waals surface area (Å²) in [5.74, 6) is -1.41. The van der Waals surface area contributed by atoms with Gasteiger partial charge in [0.15, 0.2) is 0 Å². The minimum Gasteiger partial charge on any atom is -0.494 e. The second-order valence-electron chi connectivity index (χ2n) is 10.9. The van der Waals surface area contributed by atoms with Crippen molar-refractivity contribution in [3.8, 4) is 5.75 Å². The zero-order valence-electron chi connectivity index (χ0n) is 25.7. The Labute approximate surface area is 273 Å². The quantitative estimate of drug-likeness (QED) is 0.129. The van der Waals surface area contributed by atoms with E-state index in [1.807, 2.05) is 91.2 Å². The Bertz CT molecular complexity index is 1750. The highest BCUT2D eigenvalue weighted by Crippen LogP contribution is 2.32. The fraction of sp³-hybridized carbons (Fsp3) is 0.216. The van der Waals surface area contributed by atoms with Gasteiger partial charge in [-0.15, -0.1) is 11.3 Å². The molecule has 0 aliphatic rings. The number of fused-ring (bicyclic) bond motifs is 1. The van der Waals surface area contributed by atoms with Gasteiger partial charge in [0.2, 0.25) is 11.8 Å². The Hall–Kier alpha value is -4.99. The number of nitrogens with two attached hydrogens (primary N) is 1. The molecule has 0 saturated carbocycles. The average Bonchev–Trinajstić information content (AvgIpc) is 3.52. The lowest BCUT2D eigenvalue weighted by Crippen LogP contribution is -2.41. The molecule has 0 fully saturated rings. The smallest absolute Gasteiger partial charge is 0.251 e. The molecule has 0 aliphatic carbocycles. The summed E-state index contributed by atoms with van der Waals surface area (Å²) >= 11 is 1.57. The van der Waals surface area contributed by atoms with Gasteiger partial charge in [-0.2, -0.15) is 0 Å². The normalized spacial score (nSPS) is 12.2. The largest absolute Gasteiger partial charge is 0.494 e. The van der Waals surface area contributed by atoms with Crippen molar-refractivity contribution in [3.63, 3.8) is 0 Å². The van der Waals surface area contributed by atoms with Crippen molar-refractivity contribution in [1.29, 1.82) is 0 Å². The van der Waals surface area contributed by atoms with E-state index in [1.165, 1.54) is 0 Å². The van der Waals surface area contributed by atoms with Crippen LogP contribution < -0.4 is 26.4 Å². The number of rotatable bonds is 14. The second-order valence-corrected chi connectivity index (χ2v) is 11.8. The van der Waals surface area contributed by atoms with E-state index in [2.05, 4.69) is 16.0 Å². The van der Waals surface area contributed by atoms with Gasteiger partial charge >= 0.3 is 0 Å².